The first-order valence-electron chi connectivity index (χ1n) is 7.47. The van der Waals surface area contributed by atoms with E-state index in [4.69, 9.17) is 0 Å². The minimum Gasteiger partial charge on any atom is -0.349 e. The van der Waals surface area contributed by atoms with Gasteiger partial charge in [-0.15, -0.1) is 0 Å². The Morgan fingerprint density at radius 3 is 2.86 bits per heavy atom. The lowest BCUT2D eigenvalue weighted by atomic mass is 10.1. The Morgan fingerprint density at radius 2 is 2.09 bits per heavy atom. The Morgan fingerprint density at radius 1 is 1.27 bits per heavy atom. The average molecular weight is 296 g/mol. The summed E-state index contributed by atoms with van der Waals surface area (Å²) in [6.07, 6.45) is 6.96. The lowest BCUT2D eigenvalue weighted by molar-refractivity contribution is -0.130. The number of amides is 1. The second-order valence-electron chi connectivity index (χ2n) is 5.68. The summed E-state index contributed by atoms with van der Waals surface area (Å²) in [5.41, 5.74) is 2.63. The zero-order valence-corrected chi connectivity index (χ0v) is 12.9. The van der Waals surface area contributed by atoms with Crippen LogP contribution in [-0.4, -0.2) is 41.4 Å². The summed E-state index contributed by atoms with van der Waals surface area (Å²) in [6.45, 7) is 0.299. The second-order valence-corrected chi connectivity index (χ2v) is 5.68. The number of anilines is 1. The molecular weight excluding hydrogens is 276 g/mol. The highest BCUT2D eigenvalue weighted by Crippen LogP contribution is 2.34. The van der Waals surface area contributed by atoms with Gasteiger partial charge < -0.3 is 9.80 Å². The fourth-order valence-electron chi connectivity index (χ4n) is 2.99. The van der Waals surface area contributed by atoms with Crippen molar-refractivity contribution in [1.82, 2.24) is 14.9 Å². The van der Waals surface area contributed by atoms with Gasteiger partial charge in [-0.25, -0.2) is 4.98 Å². The molecular formula is C17H20N4O. The van der Waals surface area contributed by atoms with E-state index in [1.54, 1.807) is 18.6 Å². The zero-order chi connectivity index (χ0) is 15.5. The smallest absolute Gasteiger partial charge is 0.242 e. The number of rotatable bonds is 4. The first-order chi connectivity index (χ1) is 10.7. The number of hydrogen-bond donors (Lipinski definition) is 0. The Kier molecular flexibility index (Phi) is 4.04. The fraction of sp³-hybridized carbons (Fsp3) is 0.353. The molecule has 1 heterocycles. The summed E-state index contributed by atoms with van der Waals surface area (Å²) in [6, 6.07) is 8.56. The SMILES string of the molecule is CN(CC(=O)N(C)[C@H]1CCc2ccccc21)c1cnccn1. The maximum absolute atomic E-state index is 12.6. The van der Waals surface area contributed by atoms with E-state index in [2.05, 4.69) is 28.2 Å². The normalized spacial score (nSPS) is 16.2. The van der Waals surface area contributed by atoms with Gasteiger partial charge in [0.25, 0.3) is 0 Å². The maximum Gasteiger partial charge on any atom is 0.242 e. The molecule has 5 heteroatoms. The topological polar surface area (TPSA) is 49.3 Å². The molecule has 1 aliphatic carbocycles. The van der Waals surface area contributed by atoms with Crippen molar-refractivity contribution in [3.05, 3.63) is 54.0 Å². The van der Waals surface area contributed by atoms with E-state index < -0.39 is 0 Å². The summed E-state index contributed by atoms with van der Waals surface area (Å²) in [5, 5.41) is 0. The number of aryl methyl sites for hydroxylation is 1. The predicted molar refractivity (Wildman–Crippen MR) is 85.6 cm³/mol. The molecule has 22 heavy (non-hydrogen) atoms. The lowest BCUT2D eigenvalue weighted by Crippen LogP contribution is -2.38. The van der Waals surface area contributed by atoms with Crippen LogP contribution >= 0.6 is 0 Å². The van der Waals surface area contributed by atoms with E-state index in [0.29, 0.717) is 12.4 Å². The third kappa shape index (κ3) is 2.79. The molecule has 0 N–H and O–H groups in total. The van der Waals surface area contributed by atoms with Crippen LogP contribution in [0.1, 0.15) is 23.6 Å². The van der Waals surface area contributed by atoms with Crippen molar-refractivity contribution in [2.45, 2.75) is 18.9 Å². The summed E-state index contributed by atoms with van der Waals surface area (Å²) in [7, 11) is 3.75. The van der Waals surface area contributed by atoms with Gasteiger partial charge >= 0.3 is 0 Å². The van der Waals surface area contributed by atoms with Crippen LogP contribution in [0.15, 0.2) is 42.9 Å². The summed E-state index contributed by atoms with van der Waals surface area (Å²) in [5.74, 6) is 0.797. The maximum atomic E-state index is 12.6. The Balaban J connectivity index is 1.68. The van der Waals surface area contributed by atoms with Crippen LogP contribution in [0.2, 0.25) is 0 Å². The van der Waals surface area contributed by atoms with Crippen LogP contribution < -0.4 is 4.90 Å². The molecule has 0 spiro atoms. The number of nitrogens with zero attached hydrogens (tertiary/aromatic N) is 4. The van der Waals surface area contributed by atoms with Gasteiger partial charge in [-0.1, -0.05) is 24.3 Å². The van der Waals surface area contributed by atoms with Gasteiger partial charge in [0.05, 0.1) is 18.8 Å². The summed E-state index contributed by atoms with van der Waals surface area (Å²) in [4.78, 5) is 24.5. The van der Waals surface area contributed by atoms with Gasteiger partial charge in [0.2, 0.25) is 5.91 Å². The van der Waals surface area contributed by atoms with Gasteiger partial charge in [0, 0.05) is 26.5 Å². The van der Waals surface area contributed by atoms with Gasteiger partial charge in [-0.3, -0.25) is 9.78 Å². The van der Waals surface area contributed by atoms with Gasteiger partial charge in [-0.2, -0.15) is 0 Å². The lowest BCUT2D eigenvalue weighted by Gasteiger charge is -2.28. The van der Waals surface area contributed by atoms with Crippen LogP contribution in [0.5, 0.6) is 0 Å². The standard InChI is InChI=1S/C17H20N4O/c1-20(16-11-18-9-10-19-16)12-17(22)21(2)15-8-7-13-5-3-4-6-14(13)15/h3-6,9-11,15H,7-8,12H2,1-2H3/t15-/m0/s1. The molecule has 0 fully saturated rings. The first-order valence-corrected chi connectivity index (χ1v) is 7.47. The van der Waals surface area contributed by atoms with E-state index in [1.807, 2.05) is 30.0 Å². The minimum atomic E-state index is 0.0925. The molecule has 1 amide bonds. The molecule has 0 radical (unpaired) electrons. The quantitative estimate of drug-likeness (QED) is 0.866. The van der Waals surface area contributed by atoms with Gasteiger partial charge in [0.1, 0.15) is 5.82 Å². The minimum absolute atomic E-state index is 0.0925. The molecule has 0 saturated heterocycles. The van der Waals surface area contributed by atoms with Crippen molar-refractivity contribution in [1.29, 1.82) is 0 Å². The highest BCUT2D eigenvalue weighted by molar-refractivity contribution is 5.81. The number of carbonyl (C=O) groups is 1. The Labute approximate surface area is 130 Å². The van der Waals surface area contributed by atoms with Crippen molar-refractivity contribution >= 4 is 11.7 Å². The molecule has 0 saturated carbocycles. The van der Waals surface area contributed by atoms with Gasteiger partial charge in [-0.05, 0) is 24.0 Å². The molecule has 114 valence electrons. The van der Waals surface area contributed by atoms with Crippen molar-refractivity contribution in [3.63, 3.8) is 0 Å². The molecule has 1 aromatic heterocycles. The second kappa shape index (κ2) is 6.13. The molecule has 2 aromatic rings. The van der Waals surface area contributed by atoms with Crippen molar-refractivity contribution in [2.75, 3.05) is 25.5 Å². The van der Waals surface area contributed by atoms with Crippen LogP contribution in [-0.2, 0) is 11.2 Å². The van der Waals surface area contributed by atoms with Crippen LogP contribution in [0.3, 0.4) is 0 Å². The Hall–Kier alpha value is -2.43. The highest BCUT2D eigenvalue weighted by atomic mass is 16.2. The monoisotopic (exact) mass is 296 g/mol. The van der Waals surface area contributed by atoms with E-state index in [0.717, 1.165) is 12.8 Å². The zero-order valence-electron chi connectivity index (χ0n) is 12.9. The average Bonchev–Trinajstić information content (AvgIpc) is 2.99. The van der Waals surface area contributed by atoms with Crippen molar-refractivity contribution < 1.29 is 4.79 Å². The van der Waals surface area contributed by atoms with E-state index >= 15 is 0 Å². The largest absolute Gasteiger partial charge is 0.349 e. The summed E-state index contributed by atoms with van der Waals surface area (Å²) < 4.78 is 0. The van der Waals surface area contributed by atoms with E-state index in [-0.39, 0.29) is 11.9 Å². The number of aromatic nitrogens is 2. The van der Waals surface area contributed by atoms with E-state index in [1.165, 1.54) is 11.1 Å². The van der Waals surface area contributed by atoms with Crippen molar-refractivity contribution in [2.24, 2.45) is 0 Å². The van der Waals surface area contributed by atoms with Crippen LogP contribution in [0.25, 0.3) is 0 Å². The van der Waals surface area contributed by atoms with Crippen LogP contribution in [0, 0.1) is 0 Å². The number of benzene rings is 1. The molecule has 0 unspecified atom stereocenters. The van der Waals surface area contributed by atoms with E-state index in [9.17, 15) is 4.79 Å². The molecule has 1 aromatic carbocycles. The van der Waals surface area contributed by atoms with Gasteiger partial charge in [0.15, 0.2) is 0 Å². The third-order valence-electron chi connectivity index (χ3n) is 4.28. The molecule has 1 atom stereocenters. The predicted octanol–water partition coefficient (Wildman–Crippen LogP) is 2.06. The molecule has 5 nitrogen and oxygen atoms in total. The number of carbonyl (C=O) groups excluding carboxylic acids is 1. The fourth-order valence-corrected chi connectivity index (χ4v) is 2.99. The molecule has 3 rings (SSSR count). The Bertz CT molecular complexity index is 659. The number of fused-ring (bicyclic) bond motifs is 1. The first kappa shape index (κ1) is 14.5. The molecule has 1 aliphatic rings. The number of hydrogen-bond acceptors (Lipinski definition) is 4. The van der Waals surface area contributed by atoms with Crippen molar-refractivity contribution in [3.8, 4) is 0 Å². The molecule has 0 aliphatic heterocycles. The highest BCUT2D eigenvalue weighted by Gasteiger charge is 2.28. The molecule has 0 bridgehead atoms. The third-order valence-corrected chi connectivity index (χ3v) is 4.28. The summed E-state index contributed by atoms with van der Waals surface area (Å²) >= 11 is 0. The van der Waals surface area contributed by atoms with Crippen LogP contribution in [0.4, 0.5) is 5.82 Å². The number of likely N-dealkylation sites (N-methyl/N-ethyl adjacent to an activating group) is 2.